The lowest BCUT2D eigenvalue weighted by Gasteiger charge is -2.11. The van der Waals surface area contributed by atoms with Gasteiger partial charge in [0.2, 0.25) is 0 Å². The van der Waals surface area contributed by atoms with Gasteiger partial charge in [-0.3, -0.25) is 0 Å². The Hall–Kier alpha value is -0.860. The van der Waals surface area contributed by atoms with E-state index in [2.05, 4.69) is 32.0 Å². The molecule has 0 bridgehead atoms. The highest BCUT2D eigenvalue weighted by Crippen LogP contribution is 2.11. The van der Waals surface area contributed by atoms with E-state index in [4.69, 9.17) is 10.8 Å². The van der Waals surface area contributed by atoms with Crippen molar-refractivity contribution in [3.8, 4) is 0 Å². The van der Waals surface area contributed by atoms with E-state index >= 15 is 0 Å². The lowest BCUT2D eigenvalue weighted by Crippen LogP contribution is -2.24. The second kappa shape index (κ2) is 5.13. The topological polar surface area (TPSA) is 46.2 Å². The van der Waals surface area contributed by atoms with Gasteiger partial charge in [-0.25, -0.2) is 0 Å². The van der Waals surface area contributed by atoms with E-state index in [0.717, 1.165) is 6.42 Å². The second-order valence-electron chi connectivity index (χ2n) is 3.97. The highest BCUT2D eigenvalue weighted by molar-refractivity contribution is 5.29. The molecule has 0 amide bonds. The van der Waals surface area contributed by atoms with Crippen molar-refractivity contribution < 1.29 is 5.11 Å². The van der Waals surface area contributed by atoms with Gasteiger partial charge in [0.05, 0.1) is 0 Å². The van der Waals surface area contributed by atoms with E-state index in [1.807, 2.05) is 0 Å². The average Bonchev–Trinajstić information content (AvgIpc) is 2.01. The smallest absolute Gasteiger partial charge is 0.0445 e. The molecule has 2 heteroatoms. The van der Waals surface area contributed by atoms with Gasteiger partial charge in [0, 0.05) is 12.6 Å². The molecule has 0 heterocycles. The summed E-state index contributed by atoms with van der Waals surface area (Å²) < 4.78 is 0. The largest absolute Gasteiger partial charge is 0.396 e. The van der Waals surface area contributed by atoms with Crippen LogP contribution in [0.3, 0.4) is 0 Å². The molecule has 1 rings (SSSR count). The van der Waals surface area contributed by atoms with Gasteiger partial charge in [0.1, 0.15) is 0 Å². The van der Waals surface area contributed by atoms with Crippen LogP contribution in [0, 0.1) is 13.8 Å². The molecule has 0 saturated heterocycles. The van der Waals surface area contributed by atoms with Gasteiger partial charge in [0.15, 0.2) is 0 Å². The van der Waals surface area contributed by atoms with Gasteiger partial charge in [-0.2, -0.15) is 0 Å². The SMILES string of the molecule is Cc1cc(C)cc(CC(N)CCO)c1. The Morgan fingerprint density at radius 3 is 2.29 bits per heavy atom. The molecule has 14 heavy (non-hydrogen) atoms. The van der Waals surface area contributed by atoms with E-state index in [1.165, 1.54) is 16.7 Å². The molecule has 1 unspecified atom stereocenters. The maximum atomic E-state index is 8.74. The Labute approximate surface area is 85.8 Å². The summed E-state index contributed by atoms with van der Waals surface area (Å²) in [5.74, 6) is 0. The lowest BCUT2D eigenvalue weighted by molar-refractivity contribution is 0.275. The summed E-state index contributed by atoms with van der Waals surface area (Å²) in [7, 11) is 0. The van der Waals surface area contributed by atoms with Crippen molar-refractivity contribution in [3.63, 3.8) is 0 Å². The molecular weight excluding hydrogens is 174 g/mol. The summed E-state index contributed by atoms with van der Waals surface area (Å²) in [5, 5.41) is 8.74. The molecule has 78 valence electrons. The first-order valence-electron chi connectivity index (χ1n) is 5.05. The second-order valence-corrected chi connectivity index (χ2v) is 3.97. The van der Waals surface area contributed by atoms with E-state index in [9.17, 15) is 0 Å². The van der Waals surface area contributed by atoms with Gasteiger partial charge in [-0.1, -0.05) is 29.3 Å². The quantitative estimate of drug-likeness (QED) is 0.762. The van der Waals surface area contributed by atoms with Crippen molar-refractivity contribution >= 4 is 0 Å². The standard InChI is InChI=1S/C12H19NO/c1-9-5-10(2)7-11(6-9)8-12(13)3-4-14/h5-7,12,14H,3-4,8,13H2,1-2H3. The number of nitrogens with two attached hydrogens (primary N) is 1. The Balaban J connectivity index is 2.66. The van der Waals surface area contributed by atoms with Gasteiger partial charge in [0.25, 0.3) is 0 Å². The van der Waals surface area contributed by atoms with Crippen LogP contribution in [0.15, 0.2) is 18.2 Å². The molecule has 0 aliphatic carbocycles. The van der Waals surface area contributed by atoms with Crippen LogP contribution in [0.1, 0.15) is 23.1 Å². The van der Waals surface area contributed by atoms with E-state index < -0.39 is 0 Å². The zero-order valence-electron chi connectivity index (χ0n) is 8.96. The van der Waals surface area contributed by atoms with Crippen LogP contribution in [0.5, 0.6) is 0 Å². The normalized spacial score (nSPS) is 12.9. The average molecular weight is 193 g/mol. The van der Waals surface area contributed by atoms with Crippen molar-refractivity contribution in [2.24, 2.45) is 5.73 Å². The monoisotopic (exact) mass is 193 g/mol. The summed E-state index contributed by atoms with van der Waals surface area (Å²) in [6, 6.07) is 6.54. The third kappa shape index (κ3) is 3.48. The number of aryl methyl sites for hydroxylation is 2. The number of aliphatic hydroxyl groups is 1. The Morgan fingerprint density at radius 1 is 1.21 bits per heavy atom. The molecule has 0 aliphatic rings. The zero-order chi connectivity index (χ0) is 10.6. The first-order valence-corrected chi connectivity index (χ1v) is 5.05. The molecule has 3 N–H and O–H groups in total. The van der Waals surface area contributed by atoms with Crippen molar-refractivity contribution in [2.45, 2.75) is 32.7 Å². The minimum absolute atomic E-state index is 0.0706. The van der Waals surface area contributed by atoms with Crippen molar-refractivity contribution in [2.75, 3.05) is 6.61 Å². The minimum atomic E-state index is 0.0706. The first kappa shape index (κ1) is 11.2. The molecule has 1 atom stereocenters. The van der Waals surface area contributed by atoms with Gasteiger partial charge < -0.3 is 10.8 Å². The molecule has 1 aromatic carbocycles. The van der Waals surface area contributed by atoms with Crippen molar-refractivity contribution in [1.29, 1.82) is 0 Å². The third-order valence-electron chi connectivity index (χ3n) is 2.28. The van der Waals surface area contributed by atoms with Crippen LogP contribution in [-0.4, -0.2) is 17.8 Å². The third-order valence-corrected chi connectivity index (χ3v) is 2.28. The maximum absolute atomic E-state index is 8.74. The summed E-state index contributed by atoms with van der Waals surface area (Å²) >= 11 is 0. The number of hydrogen-bond acceptors (Lipinski definition) is 2. The molecule has 0 spiro atoms. The molecular formula is C12H19NO. The summed E-state index contributed by atoms with van der Waals surface area (Å²) in [6.45, 7) is 4.36. The van der Waals surface area contributed by atoms with Crippen LogP contribution in [0.25, 0.3) is 0 Å². The van der Waals surface area contributed by atoms with Crippen LogP contribution < -0.4 is 5.73 Å². The van der Waals surface area contributed by atoms with Crippen molar-refractivity contribution in [3.05, 3.63) is 34.9 Å². The first-order chi connectivity index (χ1) is 6.61. The number of hydrogen-bond donors (Lipinski definition) is 2. The fourth-order valence-electron chi connectivity index (χ4n) is 1.76. The molecule has 1 aromatic rings. The summed E-state index contributed by atoms with van der Waals surface area (Å²) in [4.78, 5) is 0. The Bertz CT molecular complexity index is 276. The lowest BCUT2D eigenvalue weighted by atomic mass is 10.0. The van der Waals surface area contributed by atoms with Crippen LogP contribution in [0.4, 0.5) is 0 Å². The van der Waals surface area contributed by atoms with E-state index in [1.54, 1.807) is 0 Å². The minimum Gasteiger partial charge on any atom is -0.396 e. The van der Waals surface area contributed by atoms with Gasteiger partial charge in [-0.05, 0) is 32.3 Å². The van der Waals surface area contributed by atoms with Gasteiger partial charge in [-0.15, -0.1) is 0 Å². The Morgan fingerprint density at radius 2 is 1.79 bits per heavy atom. The summed E-state index contributed by atoms with van der Waals surface area (Å²) in [6.07, 6.45) is 1.52. The molecule has 0 fully saturated rings. The van der Waals surface area contributed by atoms with Crippen molar-refractivity contribution in [1.82, 2.24) is 0 Å². The Kier molecular flexibility index (Phi) is 4.11. The zero-order valence-corrected chi connectivity index (χ0v) is 8.96. The van der Waals surface area contributed by atoms with E-state index in [0.29, 0.717) is 6.42 Å². The number of aliphatic hydroxyl groups excluding tert-OH is 1. The fraction of sp³-hybridized carbons (Fsp3) is 0.500. The highest BCUT2D eigenvalue weighted by atomic mass is 16.3. The molecule has 0 radical (unpaired) electrons. The molecule has 2 nitrogen and oxygen atoms in total. The molecule has 0 aliphatic heterocycles. The molecule has 0 aromatic heterocycles. The fourth-order valence-corrected chi connectivity index (χ4v) is 1.76. The number of rotatable bonds is 4. The van der Waals surface area contributed by atoms with E-state index in [-0.39, 0.29) is 12.6 Å². The predicted molar refractivity (Wildman–Crippen MR) is 59.3 cm³/mol. The summed E-state index contributed by atoms with van der Waals surface area (Å²) in [5.41, 5.74) is 9.67. The van der Waals surface area contributed by atoms with Crippen LogP contribution >= 0.6 is 0 Å². The number of benzene rings is 1. The van der Waals surface area contributed by atoms with Crippen LogP contribution in [0.2, 0.25) is 0 Å². The van der Waals surface area contributed by atoms with Gasteiger partial charge >= 0.3 is 0 Å². The highest BCUT2D eigenvalue weighted by Gasteiger charge is 2.03. The maximum Gasteiger partial charge on any atom is 0.0445 e. The molecule has 0 saturated carbocycles. The predicted octanol–water partition coefficient (Wildman–Crippen LogP) is 1.56. The van der Waals surface area contributed by atoms with Crippen LogP contribution in [-0.2, 0) is 6.42 Å².